The van der Waals surface area contributed by atoms with Gasteiger partial charge in [-0.15, -0.1) is 0 Å². The molecule has 36 heavy (non-hydrogen) atoms. The monoisotopic (exact) mass is 470 g/mol. The lowest BCUT2D eigenvalue weighted by molar-refractivity contribution is -0.122. The second kappa shape index (κ2) is 7.75. The van der Waals surface area contributed by atoms with Gasteiger partial charge in [0.25, 0.3) is 5.91 Å². The number of imide groups is 1. The third-order valence-corrected chi connectivity index (χ3v) is 7.85. The quantitative estimate of drug-likeness (QED) is 0.411. The first-order chi connectivity index (χ1) is 17.6. The summed E-state index contributed by atoms with van der Waals surface area (Å²) in [5.74, 6) is -1.75. The Balaban J connectivity index is 1.27. The number of hydrogen-bond donors (Lipinski definition) is 1. The van der Waals surface area contributed by atoms with E-state index in [-0.39, 0.29) is 29.6 Å². The summed E-state index contributed by atoms with van der Waals surface area (Å²) in [6.07, 6.45) is 0. The molecule has 1 heterocycles. The van der Waals surface area contributed by atoms with Crippen LogP contribution < -0.4 is 10.2 Å². The lowest BCUT2D eigenvalue weighted by atomic mass is 9.55. The van der Waals surface area contributed by atoms with Gasteiger partial charge in [0.15, 0.2) is 0 Å². The molecule has 4 aliphatic rings. The van der Waals surface area contributed by atoms with Crippen LogP contribution in [0.2, 0.25) is 0 Å². The predicted octanol–water partition coefficient (Wildman–Crippen LogP) is 5.34. The van der Waals surface area contributed by atoms with Gasteiger partial charge in [-0.3, -0.25) is 14.4 Å². The van der Waals surface area contributed by atoms with E-state index in [2.05, 4.69) is 29.6 Å². The first-order valence-corrected chi connectivity index (χ1v) is 12.2. The van der Waals surface area contributed by atoms with Crippen LogP contribution in [0.5, 0.6) is 0 Å². The molecule has 174 valence electrons. The molecule has 3 aliphatic carbocycles. The summed E-state index contributed by atoms with van der Waals surface area (Å²) in [6, 6.07) is 32.3. The van der Waals surface area contributed by atoms with Crippen LogP contribution in [0.4, 0.5) is 11.4 Å². The number of rotatable bonds is 3. The smallest absolute Gasteiger partial charge is 0.255 e. The zero-order chi connectivity index (χ0) is 24.4. The number of nitrogens with one attached hydrogen (secondary N) is 1. The van der Waals surface area contributed by atoms with Gasteiger partial charge in [-0.1, -0.05) is 72.8 Å². The lowest BCUT2D eigenvalue weighted by Gasteiger charge is -2.45. The molecule has 0 spiro atoms. The van der Waals surface area contributed by atoms with Gasteiger partial charge in [0.1, 0.15) is 0 Å². The van der Waals surface area contributed by atoms with Crippen molar-refractivity contribution in [1.29, 1.82) is 0 Å². The van der Waals surface area contributed by atoms with Gasteiger partial charge >= 0.3 is 0 Å². The molecule has 4 aromatic rings. The van der Waals surface area contributed by atoms with E-state index in [4.69, 9.17) is 0 Å². The van der Waals surface area contributed by atoms with Crippen LogP contribution >= 0.6 is 0 Å². The number of benzene rings is 4. The Morgan fingerprint density at radius 1 is 0.611 bits per heavy atom. The van der Waals surface area contributed by atoms with E-state index in [1.807, 2.05) is 30.3 Å². The van der Waals surface area contributed by atoms with E-state index in [9.17, 15) is 14.4 Å². The van der Waals surface area contributed by atoms with E-state index in [1.165, 1.54) is 4.90 Å². The van der Waals surface area contributed by atoms with Crippen molar-refractivity contribution >= 4 is 29.1 Å². The largest absolute Gasteiger partial charge is 0.322 e. The van der Waals surface area contributed by atoms with Crippen LogP contribution in [0.15, 0.2) is 103 Å². The Bertz CT molecular complexity index is 1450. The molecule has 2 unspecified atom stereocenters. The first-order valence-electron chi connectivity index (χ1n) is 12.2. The van der Waals surface area contributed by atoms with Gasteiger partial charge in [0.2, 0.25) is 11.8 Å². The zero-order valence-corrected chi connectivity index (χ0v) is 19.3. The Hall–Kier alpha value is -4.51. The van der Waals surface area contributed by atoms with Crippen molar-refractivity contribution in [3.8, 4) is 0 Å². The van der Waals surface area contributed by atoms with E-state index >= 15 is 0 Å². The van der Waals surface area contributed by atoms with Gasteiger partial charge in [0, 0.05) is 23.1 Å². The molecule has 0 aromatic heterocycles. The van der Waals surface area contributed by atoms with Gasteiger partial charge in [0.05, 0.1) is 17.5 Å². The highest BCUT2D eigenvalue weighted by Crippen LogP contribution is 2.61. The number of hydrogen-bond acceptors (Lipinski definition) is 3. The highest BCUT2D eigenvalue weighted by atomic mass is 16.2. The second-order valence-corrected chi connectivity index (χ2v) is 9.65. The molecule has 1 saturated heterocycles. The number of carbonyl (C=O) groups is 3. The summed E-state index contributed by atoms with van der Waals surface area (Å²) in [5.41, 5.74) is 6.14. The normalized spacial score (nSPS) is 23.2. The van der Waals surface area contributed by atoms with Crippen LogP contribution in [0.1, 0.15) is 44.4 Å². The Labute approximate surface area is 208 Å². The van der Waals surface area contributed by atoms with Gasteiger partial charge in [-0.2, -0.15) is 0 Å². The van der Waals surface area contributed by atoms with Crippen molar-refractivity contribution in [2.24, 2.45) is 11.8 Å². The number of nitrogens with zero attached hydrogens (tertiary/aromatic N) is 1. The van der Waals surface area contributed by atoms with Crippen molar-refractivity contribution in [1.82, 2.24) is 0 Å². The minimum atomic E-state index is -0.435. The van der Waals surface area contributed by atoms with E-state index in [1.54, 1.807) is 48.5 Å². The molecule has 1 N–H and O–H groups in total. The zero-order valence-electron chi connectivity index (χ0n) is 19.3. The SMILES string of the molecule is O=C(Nc1cccc(N2C(=O)C3C4c5ccccc5C(c5ccccc54)C3C2=O)c1)c1ccccc1. The van der Waals surface area contributed by atoms with Crippen molar-refractivity contribution in [2.45, 2.75) is 11.8 Å². The molecule has 8 rings (SSSR count). The molecule has 2 atom stereocenters. The third-order valence-electron chi connectivity index (χ3n) is 7.85. The molecule has 1 aliphatic heterocycles. The molecule has 0 saturated carbocycles. The maximum atomic E-state index is 13.9. The molecule has 2 bridgehead atoms. The number of anilines is 2. The minimum Gasteiger partial charge on any atom is -0.322 e. The summed E-state index contributed by atoms with van der Waals surface area (Å²) in [7, 11) is 0. The third kappa shape index (κ3) is 2.86. The average Bonchev–Trinajstić information content (AvgIpc) is 3.19. The van der Waals surface area contributed by atoms with Crippen molar-refractivity contribution < 1.29 is 14.4 Å². The summed E-state index contributed by atoms with van der Waals surface area (Å²) in [6.45, 7) is 0. The standard InChI is InChI=1S/C31H22N2O3/c34-29(18-9-2-1-3-10-18)32-19-11-8-12-20(17-19)33-30(35)27-25-21-13-4-5-14-22(21)26(28(27)31(33)36)24-16-7-6-15-23(24)25/h1-17,25-28H,(H,32,34). The molecule has 0 radical (unpaired) electrons. The van der Waals surface area contributed by atoms with E-state index in [0.717, 1.165) is 22.3 Å². The fraction of sp³-hybridized carbons (Fsp3) is 0.129. The van der Waals surface area contributed by atoms with Crippen LogP contribution in [0.3, 0.4) is 0 Å². The average molecular weight is 471 g/mol. The lowest BCUT2D eigenvalue weighted by Crippen LogP contribution is -2.41. The number of carbonyl (C=O) groups excluding carboxylic acids is 3. The molecule has 5 nitrogen and oxygen atoms in total. The first kappa shape index (κ1) is 20.8. The van der Waals surface area contributed by atoms with Gasteiger partial charge < -0.3 is 5.32 Å². The molecule has 4 aromatic carbocycles. The van der Waals surface area contributed by atoms with Crippen molar-refractivity contribution in [2.75, 3.05) is 10.2 Å². The Morgan fingerprint density at radius 3 is 1.64 bits per heavy atom. The molecule has 1 fully saturated rings. The topological polar surface area (TPSA) is 66.5 Å². The fourth-order valence-electron chi connectivity index (χ4n) is 6.45. The number of amides is 3. The van der Waals surface area contributed by atoms with Gasteiger partial charge in [-0.25, -0.2) is 4.90 Å². The highest BCUT2D eigenvalue weighted by molar-refractivity contribution is 6.23. The fourth-order valence-corrected chi connectivity index (χ4v) is 6.45. The summed E-state index contributed by atoms with van der Waals surface area (Å²) in [5, 5.41) is 2.88. The van der Waals surface area contributed by atoms with Crippen LogP contribution in [0, 0.1) is 11.8 Å². The Kier molecular flexibility index (Phi) is 4.48. The molecular weight excluding hydrogens is 448 g/mol. The summed E-state index contributed by atoms with van der Waals surface area (Å²) >= 11 is 0. The molecule has 3 amide bonds. The summed E-state index contributed by atoms with van der Waals surface area (Å²) < 4.78 is 0. The molecule has 5 heteroatoms. The minimum absolute atomic E-state index is 0.144. The predicted molar refractivity (Wildman–Crippen MR) is 137 cm³/mol. The second-order valence-electron chi connectivity index (χ2n) is 9.65. The van der Waals surface area contributed by atoms with Crippen LogP contribution in [-0.4, -0.2) is 17.7 Å². The summed E-state index contributed by atoms with van der Waals surface area (Å²) in [4.78, 5) is 41.9. The van der Waals surface area contributed by atoms with E-state index < -0.39 is 11.8 Å². The van der Waals surface area contributed by atoms with E-state index in [0.29, 0.717) is 16.9 Å². The van der Waals surface area contributed by atoms with Gasteiger partial charge in [-0.05, 0) is 52.6 Å². The maximum Gasteiger partial charge on any atom is 0.255 e. The molecular formula is C31H22N2O3. The highest BCUT2D eigenvalue weighted by Gasteiger charge is 2.61. The maximum absolute atomic E-state index is 13.9. The van der Waals surface area contributed by atoms with Crippen molar-refractivity contribution in [3.05, 3.63) is 131 Å². The van der Waals surface area contributed by atoms with Crippen LogP contribution in [-0.2, 0) is 9.59 Å². The van der Waals surface area contributed by atoms with Crippen LogP contribution in [0.25, 0.3) is 0 Å². The Morgan fingerprint density at radius 2 is 1.11 bits per heavy atom. The van der Waals surface area contributed by atoms with Crippen molar-refractivity contribution in [3.63, 3.8) is 0 Å².